The van der Waals surface area contributed by atoms with Crippen molar-refractivity contribution >= 4 is 33.2 Å². The molecule has 0 saturated heterocycles. The normalized spacial score (nSPS) is 10.7. The van der Waals surface area contributed by atoms with E-state index in [4.69, 9.17) is 0 Å². The first-order valence-corrected chi connectivity index (χ1v) is 6.75. The van der Waals surface area contributed by atoms with Crippen LogP contribution in [-0.4, -0.2) is 21.0 Å². The predicted molar refractivity (Wildman–Crippen MR) is 78.7 cm³/mol. The highest BCUT2D eigenvalue weighted by Gasteiger charge is 2.19. The monoisotopic (exact) mass is 300 g/mol. The second-order valence-corrected chi connectivity index (χ2v) is 5.31. The third kappa shape index (κ3) is 2.34. The molecule has 104 valence electrons. The number of nitro groups is 1. The molecular weight excluding hydrogens is 292 g/mol. The van der Waals surface area contributed by atoms with Crippen LogP contribution in [0.25, 0.3) is 20.8 Å². The number of hydrogen-bond donors (Lipinski definition) is 1. The first-order chi connectivity index (χ1) is 10.1. The highest BCUT2D eigenvalue weighted by Crippen LogP contribution is 2.33. The number of benzene rings is 2. The topological polar surface area (TPSA) is 93.3 Å². The number of thiazole rings is 1. The molecular formula is C14H8N2O4S. The second-order valence-electron chi connectivity index (χ2n) is 4.28. The molecule has 0 fully saturated rings. The first-order valence-electron chi connectivity index (χ1n) is 5.94. The van der Waals surface area contributed by atoms with Crippen LogP contribution in [-0.2, 0) is 0 Å². The minimum atomic E-state index is -1.21. The fourth-order valence-corrected chi connectivity index (χ4v) is 3.00. The van der Waals surface area contributed by atoms with E-state index in [1.807, 2.05) is 24.3 Å². The van der Waals surface area contributed by atoms with Gasteiger partial charge >= 0.3 is 5.97 Å². The van der Waals surface area contributed by atoms with Gasteiger partial charge in [-0.2, -0.15) is 0 Å². The Bertz CT molecular complexity index is 839. The maximum absolute atomic E-state index is 11.3. The lowest BCUT2D eigenvalue weighted by Crippen LogP contribution is -2.01. The molecule has 0 saturated carbocycles. The van der Waals surface area contributed by atoms with E-state index in [2.05, 4.69) is 4.98 Å². The van der Waals surface area contributed by atoms with Crippen molar-refractivity contribution in [2.45, 2.75) is 0 Å². The number of nitrogens with zero attached hydrogens (tertiary/aromatic N) is 2. The van der Waals surface area contributed by atoms with Crippen molar-refractivity contribution in [1.82, 2.24) is 4.98 Å². The van der Waals surface area contributed by atoms with E-state index in [1.165, 1.54) is 23.5 Å². The van der Waals surface area contributed by atoms with Crippen molar-refractivity contribution in [1.29, 1.82) is 0 Å². The number of carboxylic acid groups (broad SMARTS) is 1. The van der Waals surface area contributed by atoms with Crippen molar-refractivity contribution in [3.05, 3.63) is 58.1 Å². The number of rotatable bonds is 3. The smallest absolute Gasteiger partial charge is 0.336 e. The van der Waals surface area contributed by atoms with Gasteiger partial charge in [-0.3, -0.25) is 10.1 Å². The third-order valence-electron chi connectivity index (χ3n) is 2.97. The molecule has 1 aromatic heterocycles. The summed E-state index contributed by atoms with van der Waals surface area (Å²) in [5.41, 5.74) is 0.780. The summed E-state index contributed by atoms with van der Waals surface area (Å²) in [4.78, 5) is 25.9. The van der Waals surface area contributed by atoms with Gasteiger partial charge in [-0.15, -0.1) is 11.3 Å². The molecule has 1 N–H and O–H groups in total. The molecule has 0 spiro atoms. The van der Waals surface area contributed by atoms with Gasteiger partial charge in [0.25, 0.3) is 5.69 Å². The van der Waals surface area contributed by atoms with Crippen LogP contribution in [0.1, 0.15) is 10.4 Å². The van der Waals surface area contributed by atoms with Gasteiger partial charge in [0.1, 0.15) is 5.01 Å². The molecule has 0 aliphatic heterocycles. The summed E-state index contributed by atoms with van der Waals surface area (Å²) in [7, 11) is 0. The molecule has 0 atom stereocenters. The Kier molecular flexibility index (Phi) is 3.11. The summed E-state index contributed by atoms with van der Waals surface area (Å²) in [5, 5.41) is 20.6. The van der Waals surface area contributed by atoms with Gasteiger partial charge < -0.3 is 5.11 Å². The van der Waals surface area contributed by atoms with E-state index >= 15 is 0 Å². The highest BCUT2D eigenvalue weighted by atomic mass is 32.1. The summed E-state index contributed by atoms with van der Waals surface area (Å²) in [6.07, 6.45) is 0. The Balaban J connectivity index is 2.21. The number of non-ortho nitro benzene ring substituents is 1. The van der Waals surface area contributed by atoms with Crippen molar-refractivity contribution in [3.63, 3.8) is 0 Å². The van der Waals surface area contributed by atoms with Crippen LogP contribution in [0.15, 0.2) is 42.5 Å². The van der Waals surface area contributed by atoms with Gasteiger partial charge in [0.15, 0.2) is 0 Å². The van der Waals surface area contributed by atoms with Crippen molar-refractivity contribution in [2.75, 3.05) is 0 Å². The van der Waals surface area contributed by atoms with Crippen LogP contribution in [0, 0.1) is 10.1 Å². The van der Waals surface area contributed by atoms with Crippen LogP contribution in [0.5, 0.6) is 0 Å². The molecule has 0 aliphatic carbocycles. The molecule has 21 heavy (non-hydrogen) atoms. The summed E-state index contributed by atoms with van der Waals surface area (Å²) < 4.78 is 0.933. The number of para-hydroxylation sites is 1. The average molecular weight is 300 g/mol. The maximum atomic E-state index is 11.3. The number of aromatic carboxylic acids is 1. The largest absolute Gasteiger partial charge is 0.478 e. The Morgan fingerprint density at radius 3 is 2.67 bits per heavy atom. The van der Waals surface area contributed by atoms with Crippen LogP contribution in [0.2, 0.25) is 0 Å². The average Bonchev–Trinajstić information content (AvgIpc) is 2.90. The van der Waals surface area contributed by atoms with Gasteiger partial charge in [0.05, 0.1) is 20.7 Å². The quantitative estimate of drug-likeness (QED) is 0.589. The van der Waals surface area contributed by atoms with Crippen molar-refractivity contribution < 1.29 is 14.8 Å². The van der Waals surface area contributed by atoms with Gasteiger partial charge in [-0.05, 0) is 18.2 Å². The minimum Gasteiger partial charge on any atom is -0.478 e. The number of nitro benzene ring substituents is 1. The molecule has 1 heterocycles. The summed E-state index contributed by atoms with van der Waals surface area (Å²) in [6, 6.07) is 11.2. The molecule has 7 heteroatoms. The second kappa shape index (κ2) is 4.95. The third-order valence-corrected chi connectivity index (χ3v) is 4.04. The Morgan fingerprint density at radius 2 is 2.00 bits per heavy atom. The zero-order valence-corrected chi connectivity index (χ0v) is 11.3. The molecule has 3 aromatic rings. The predicted octanol–water partition coefficient (Wildman–Crippen LogP) is 3.57. The van der Waals surface area contributed by atoms with Gasteiger partial charge in [0, 0.05) is 17.7 Å². The molecule has 0 amide bonds. The van der Waals surface area contributed by atoms with Crippen LogP contribution in [0.4, 0.5) is 5.69 Å². The number of hydrogen-bond acceptors (Lipinski definition) is 5. The van der Waals surface area contributed by atoms with Crippen LogP contribution >= 0.6 is 11.3 Å². The molecule has 0 bridgehead atoms. The molecule has 6 nitrogen and oxygen atoms in total. The highest BCUT2D eigenvalue weighted by molar-refractivity contribution is 7.21. The lowest BCUT2D eigenvalue weighted by molar-refractivity contribution is -0.384. The van der Waals surface area contributed by atoms with Crippen molar-refractivity contribution in [2.24, 2.45) is 0 Å². The summed E-state index contributed by atoms with van der Waals surface area (Å²) >= 11 is 1.35. The van der Waals surface area contributed by atoms with Crippen LogP contribution in [0.3, 0.4) is 0 Å². The summed E-state index contributed by atoms with van der Waals surface area (Å²) in [6.45, 7) is 0. The van der Waals surface area contributed by atoms with Gasteiger partial charge in [0.2, 0.25) is 0 Å². The Hall–Kier alpha value is -2.80. The first kappa shape index (κ1) is 13.2. The number of fused-ring (bicyclic) bond motifs is 1. The number of carboxylic acids is 1. The van der Waals surface area contributed by atoms with E-state index in [0.29, 0.717) is 10.6 Å². The van der Waals surface area contributed by atoms with E-state index in [0.717, 1.165) is 16.3 Å². The van der Waals surface area contributed by atoms with Crippen molar-refractivity contribution in [3.8, 4) is 10.6 Å². The van der Waals surface area contributed by atoms with E-state index in [1.54, 1.807) is 0 Å². The Labute approximate surface area is 122 Å². The van der Waals surface area contributed by atoms with Crippen LogP contribution < -0.4 is 0 Å². The van der Waals surface area contributed by atoms with E-state index in [9.17, 15) is 20.0 Å². The fourth-order valence-electron chi connectivity index (χ4n) is 2.00. The lowest BCUT2D eigenvalue weighted by Gasteiger charge is -2.02. The SMILES string of the molecule is O=C(O)c1cc([N+](=O)[O-])ccc1-c1nc2ccccc2s1. The number of aromatic nitrogens is 1. The summed E-state index contributed by atoms with van der Waals surface area (Å²) in [5.74, 6) is -1.21. The van der Waals surface area contributed by atoms with E-state index in [-0.39, 0.29) is 11.3 Å². The maximum Gasteiger partial charge on any atom is 0.336 e. The molecule has 0 radical (unpaired) electrons. The zero-order valence-electron chi connectivity index (χ0n) is 10.5. The molecule has 0 unspecified atom stereocenters. The molecule has 3 rings (SSSR count). The Morgan fingerprint density at radius 1 is 1.24 bits per heavy atom. The molecule has 2 aromatic carbocycles. The fraction of sp³-hybridized carbons (Fsp3) is 0. The minimum absolute atomic E-state index is 0.122. The standard InChI is InChI=1S/C14H8N2O4S/c17-14(18)10-7-8(16(19)20)5-6-9(10)13-15-11-3-1-2-4-12(11)21-13/h1-7H,(H,17,18). The molecule has 0 aliphatic rings. The lowest BCUT2D eigenvalue weighted by atomic mass is 10.1. The zero-order chi connectivity index (χ0) is 15.0. The van der Waals surface area contributed by atoms with Gasteiger partial charge in [-0.25, -0.2) is 9.78 Å². The van der Waals surface area contributed by atoms with Gasteiger partial charge in [-0.1, -0.05) is 12.1 Å². The number of carbonyl (C=O) groups is 1. The van der Waals surface area contributed by atoms with E-state index < -0.39 is 10.9 Å².